The summed E-state index contributed by atoms with van der Waals surface area (Å²) >= 11 is 0. The topological polar surface area (TPSA) is 48.1 Å². The summed E-state index contributed by atoms with van der Waals surface area (Å²) in [7, 11) is 4.17. The molecule has 6 heteroatoms. The molecule has 0 aliphatic carbocycles. The van der Waals surface area contributed by atoms with Gasteiger partial charge in [0, 0.05) is 32.4 Å². The average Bonchev–Trinajstić information content (AvgIpc) is 2.93. The van der Waals surface area contributed by atoms with Gasteiger partial charge in [-0.25, -0.2) is 4.99 Å². The zero-order valence-corrected chi connectivity index (χ0v) is 12.6. The number of rotatable bonds is 3. The number of aryl methyl sites for hydroxylation is 2. The molecular weight excluding hydrogens is 254 g/mol. The Labute approximate surface area is 119 Å². The van der Waals surface area contributed by atoms with Crippen LogP contribution in [0.3, 0.4) is 0 Å². The third-order valence-electron chi connectivity index (χ3n) is 3.96. The third-order valence-corrected chi connectivity index (χ3v) is 3.96. The standard InChI is InChI=1S/C14H21N5O/c1-10-12(11(2)20-16-10)5-6-19-7-13-14(18(4)9-19)15-8-17(13)3/h7H,5-6,8-9H2,1-4H3. The Morgan fingerprint density at radius 3 is 2.75 bits per heavy atom. The van der Waals surface area contributed by atoms with E-state index < -0.39 is 0 Å². The van der Waals surface area contributed by atoms with Gasteiger partial charge in [0.25, 0.3) is 0 Å². The number of fused-ring (bicyclic) bond motifs is 1. The molecule has 0 spiro atoms. The van der Waals surface area contributed by atoms with E-state index >= 15 is 0 Å². The van der Waals surface area contributed by atoms with Crippen LogP contribution in [0.2, 0.25) is 0 Å². The first-order valence-electron chi connectivity index (χ1n) is 6.91. The Morgan fingerprint density at radius 1 is 1.25 bits per heavy atom. The molecule has 1 aromatic rings. The lowest BCUT2D eigenvalue weighted by Gasteiger charge is -2.34. The maximum atomic E-state index is 5.22. The van der Waals surface area contributed by atoms with Gasteiger partial charge >= 0.3 is 0 Å². The lowest BCUT2D eigenvalue weighted by molar-refractivity contribution is 0.256. The second-order valence-electron chi connectivity index (χ2n) is 5.54. The summed E-state index contributed by atoms with van der Waals surface area (Å²) in [5.74, 6) is 2.03. The van der Waals surface area contributed by atoms with Gasteiger partial charge in [-0.05, 0) is 20.3 Å². The number of likely N-dealkylation sites (N-methyl/N-ethyl adjacent to an activating group) is 2. The largest absolute Gasteiger partial charge is 0.361 e. The highest BCUT2D eigenvalue weighted by atomic mass is 16.5. The summed E-state index contributed by atoms with van der Waals surface area (Å²) in [4.78, 5) is 11.2. The van der Waals surface area contributed by atoms with Crippen LogP contribution in [0.15, 0.2) is 21.4 Å². The van der Waals surface area contributed by atoms with E-state index in [4.69, 9.17) is 4.52 Å². The van der Waals surface area contributed by atoms with Gasteiger partial charge in [-0.15, -0.1) is 0 Å². The monoisotopic (exact) mass is 275 g/mol. The fraction of sp³-hybridized carbons (Fsp3) is 0.571. The molecule has 2 aliphatic rings. The fourth-order valence-corrected chi connectivity index (χ4v) is 2.78. The number of nitrogens with zero attached hydrogens (tertiary/aromatic N) is 5. The number of amidine groups is 1. The van der Waals surface area contributed by atoms with E-state index in [-0.39, 0.29) is 0 Å². The van der Waals surface area contributed by atoms with Gasteiger partial charge in [0.2, 0.25) is 0 Å². The van der Waals surface area contributed by atoms with Crippen molar-refractivity contribution in [2.75, 3.05) is 34.0 Å². The molecule has 0 fully saturated rings. The molecule has 0 saturated heterocycles. The van der Waals surface area contributed by atoms with E-state index in [0.717, 1.165) is 43.6 Å². The molecule has 108 valence electrons. The molecule has 3 rings (SSSR count). The van der Waals surface area contributed by atoms with Crippen LogP contribution in [0.4, 0.5) is 0 Å². The Morgan fingerprint density at radius 2 is 2.05 bits per heavy atom. The first-order valence-corrected chi connectivity index (χ1v) is 6.91. The minimum atomic E-state index is 0.753. The van der Waals surface area contributed by atoms with E-state index in [1.165, 1.54) is 11.3 Å². The third kappa shape index (κ3) is 2.15. The summed E-state index contributed by atoms with van der Waals surface area (Å²) in [6.07, 6.45) is 3.17. The quantitative estimate of drug-likeness (QED) is 0.829. The number of hydrogen-bond donors (Lipinski definition) is 0. The molecular formula is C14H21N5O. The highest BCUT2D eigenvalue weighted by Gasteiger charge is 2.27. The normalized spacial score (nSPS) is 18.3. The van der Waals surface area contributed by atoms with Crippen molar-refractivity contribution >= 4 is 5.84 Å². The highest BCUT2D eigenvalue weighted by Crippen LogP contribution is 2.21. The molecule has 0 N–H and O–H groups in total. The van der Waals surface area contributed by atoms with E-state index in [1.807, 2.05) is 13.8 Å². The molecule has 1 aromatic heterocycles. The van der Waals surface area contributed by atoms with Crippen molar-refractivity contribution in [2.45, 2.75) is 20.3 Å². The summed E-state index contributed by atoms with van der Waals surface area (Å²) in [6, 6.07) is 0. The minimum absolute atomic E-state index is 0.753. The molecule has 20 heavy (non-hydrogen) atoms. The summed E-state index contributed by atoms with van der Waals surface area (Å²) < 4.78 is 5.22. The van der Waals surface area contributed by atoms with Crippen molar-refractivity contribution in [3.05, 3.63) is 28.9 Å². The molecule has 0 unspecified atom stereocenters. The Kier molecular flexibility index (Phi) is 3.16. The van der Waals surface area contributed by atoms with E-state index in [9.17, 15) is 0 Å². The molecule has 6 nitrogen and oxygen atoms in total. The number of hydrogen-bond acceptors (Lipinski definition) is 6. The maximum Gasteiger partial charge on any atom is 0.152 e. The molecule has 3 heterocycles. The van der Waals surface area contributed by atoms with Gasteiger partial charge in [-0.2, -0.15) is 0 Å². The predicted molar refractivity (Wildman–Crippen MR) is 77.2 cm³/mol. The van der Waals surface area contributed by atoms with Gasteiger partial charge in [-0.1, -0.05) is 5.16 Å². The average molecular weight is 275 g/mol. The second kappa shape index (κ2) is 4.85. The van der Waals surface area contributed by atoms with Gasteiger partial charge in [0.15, 0.2) is 5.84 Å². The Balaban J connectivity index is 1.71. The SMILES string of the molecule is Cc1noc(C)c1CCN1C=C2C(=NCN2C)N(C)C1. The van der Waals surface area contributed by atoms with Crippen molar-refractivity contribution in [3.63, 3.8) is 0 Å². The Bertz CT molecular complexity index is 555. The van der Waals surface area contributed by atoms with Crippen molar-refractivity contribution in [1.82, 2.24) is 19.9 Å². The lowest BCUT2D eigenvalue weighted by Crippen LogP contribution is -2.43. The zero-order valence-electron chi connectivity index (χ0n) is 12.6. The molecule has 0 atom stereocenters. The van der Waals surface area contributed by atoms with Crippen molar-refractivity contribution in [1.29, 1.82) is 0 Å². The van der Waals surface area contributed by atoms with Crippen LogP contribution in [0, 0.1) is 13.8 Å². The van der Waals surface area contributed by atoms with Crippen molar-refractivity contribution in [2.24, 2.45) is 4.99 Å². The lowest BCUT2D eigenvalue weighted by atomic mass is 10.1. The van der Waals surface area contributed by atoms with Crippen LogP contribution in [0.25, 0.3) is 0 Å². The molecule has 0 saturated carbocycles. The summed E-state index contributed by atoms with van der Waals surface area (Å²) in [5.41, 5.74) is 3.43. The van der Waals surface area contributed by atoms with Crippen LogP contribution in [-0.2, 0) is 6.42 Å². The molecule has 0 amide bonds. The Hall–Kier alpha value is -1.98. The first-order chi connectivity index (χ1) is 9.56. The second-order valence-corrected chi connectivity index (χ2v) is 5.54. The maximum absolute atomic E-state index is 5.22. The first kappa shape index (κ1) is 13.0. The van der Waals surface area contributed by atoms with Gasteiger partial charge in [-0.3, -0.25) is 0 Å². The van der Waals surface area contributed by atoms with Crippen molar-refractivity contribution < 1.29 is 4.52 Å². The van der Waals surface area contributed by atoms with Gasteiger partial charge in [0.05, 0.1) is 18.1 Å². The zero-order chi connectivity index (χ0) is 14.3. The fourth-order valence-electron chi connectivity index (χ4n) is 2.78. The van der Waals surface area contributed by atoms with E-state index in [1.54, 1.807) is 0 Å². The molecule has 0 bridgehead atoms. The van der Waals surface area contributed by atoms with Crippen LogP contribution in [0.5, 0.6) is 0 Å². The van der Waals surface area contributed by atoms with Crippen LogP contribution in [0.1, 0.15) is 17.0 Å². The predicted octanol–water partition coefficient (Wildman–Crippen LogP) is 1.18. The van der Waals surface area contributed by atoms with E-state index in [2.05, 4.69) is 45.1 Å². The number of aromatic nitrogens is 1. The van der Waals surface area contributed by atoms with Crippen LogP contribution in [-0.4, -0.2) is 59.7 Å². The smallest absolute Gasteiger partial charge is 0.152 e. The summed E-state index contributed by atoms with van der Waals surface area (Å²) in [5, 5.41) is 4.01. The number of aliphatic imine (C=N–C) groups is 1. The van der Waals surface area contributed by atoms with Crippen LogP contribution < -0.4 is 0 Å². The molecule has 2 aliphatic heterocycles. The minimum Gasteiger partial charge on any atom is -0.361 e. The van der Waals surface area contributed by atoms with Gasteiger partial charge < -0.3 is 19.2 Å². The summed E-state index contributed by atoms with van der Waals surface area (Å²) in [6.45, 7) is 6.56. The van der Waals surface area contributed by atoms with Crippen molar-refractivity contribution in [3.8, 4) is 0 Å². The molecule has 0 radical (unpaired) electrons. The van der Waals surface area contributed by atoms with Gasteiger partial charge in [0.1, 0.15) is 12.4 Å². The van der Waals surface area contributed by atoms with E-state index in [0.29, 0.717) is 0 Å². The highest BCUT2D eigenvalue weighted by molar-refractivity contribution is 5.99. The van der Waals surface area contributed by atoms with Crippen LogP contribution >= 0.6 is 0 Å². The molecule has 0 aromatic carbocycles.